The normalized spacial score (nSPS) is 13.6. The molecule has 0 fully saturated rings. The molecule has 1 rings (SSSR count). The van der Waals surface area contributed by atoms with Gasteiger partial charge in [-0.05, 0) is 45.0 Å². The summed E-state index contributed by atoms with van der Waals surface area (Å²) < 4.78 is 40.7. The number of hydrogen-bond donors (Lipinski definition) is 2. The highest BCUT2D eigenvalue weighted by Crippen LogP contribution is 2.21. The summed E-state index contributed by atoms with van der Waals surface area (Å²) in [7, 11) is -1.97. The Hall–Kier alpha value is -1.18. The van der Waals surface area contributed by atoms with Crippen LogP contribution in [0.5, 0.6) is 0 Å². The summed E-state index contributed by atoms with van der Waals surface area (Å²) in [4.78, 5) is 1.65. The van der Waals surface area contributed by atoms with Crippen LogP contribution in [0, 0.1) is 12.7 Å². The fraction of sp³-hybridized carbons (Fsp3) is 0.571. The van der Waals surface area contributed by atoms with E-state index >= 15 is 0 Å². The van der Waals surface area contributed by atoms with E-state index in [4.69, 9.17) is 5.73 Å². The van der Waals surface area contributed by atoms with Crippen molar-refractivity contribution in [3.8, 4) is 0 Å². The third-order valence-corrected chi connectivity index (χ3v) is 5.09. The molecule has 3 N–H and O–H groups in total. The first-order chi connectivity index (χ1) is 9.69. The zero-order valence-corrected chi connectivity index (χ0v) is 13.8. The van der Waals surface area contributed by atoms with Crippen LogP contribution in [-0.4, -0.2) is 39.5 Å². The lowest BCUT2D eigenvalue weighted by Gasteiger charge is -2.23. The van der Waals surface area contributed by atoms with Crippen molar-refractivity contribution >= 4 is 15.7 Å². The lowest BCUT2D eigenvalue weighted by Crippen LogP contribution is -2.37. The Morgan fingerprint density at radius 1 is 1.43 bits per heavy atom. The Kier molecular flexibility index (Phi) is 6.12. The van der Waals surface area contributed by atoms with Gasteiger partial charge in [0.25, 0.3) is 0 Å². The number of halogens is 1. The van der Waals surface area contributed by atoms with Crippen LogP contribution < -0.4 is 10.5 Å². The summed E-state index contributed by atoms with van der Waals surface area (Å²) in [6.07, 6.45) is 0.978. The quantitative estimate of drug-likeness (QED) is 0.751. The second kappa shape index (κ2) is 7.20. The first kappa shape index (κ1) is 17.9. The number of likely N-dealkylation sites (N-methyl/N-ethyl adjacent to an activating group) is 1. The minimum atomic E-state index is -3.90. The number of anilines is 1. The maximum Gasteiger partial charge on any atom is 0.243 e. The number of nitrogen functional groups attached to an aromatic ring is 1. The molecular formula is C14H24FN3O2S. The molecule has 5 nitrogen and oxygen atoms in total. The van der Waals surface area contributed by atoms with E-state index in [1.165, 1.54) is 13.0 Å². The molecular weight excluding hydrogens is 293 g/mol. The van der Waals surface area contributed by atoms with Crippen molar-refractivity contribution in [3.63, 3.8) is 0 Å². The minimum Gasteiger partial charge on any atom is -0.399 e. The van der Waals surface area contributed by atoms with Crippen molar-refractivity contribution in [2.24, 2.45) is 0 Å². The lowest BCUT2D eigenvalue weighted by molar-refractivity contribution is 0.256. The molecule has 0 aliphatic heterocycles. The summed E-state index contributed by atoms with van der Waals surface area (Å²) in [6.45, 7) is 6.39. The fourth-order valence-electron chi connectivity index (χ4n) is 1.93. The summed E-state index contributed by atoms with van der Waals surface area (Å²) in [5, 5.41) is 0. The molecule has 0 amide bonds. The third-order valence-electron chi connectivity index (χ3n) is 3.63. The monoisotopic (exact) mass is 317 g/mol. The zero-order chi connectivity index (χ0) is 16.2. The van der Waals surface area contributed by atoms with Gasteiger partial charge in [0.1, 0.15) is 10.7 Å². The van der Waals surface area contributed by atoms with Crippen molar-refractivity contribution in [2.45, 2.75) is 38.1 Å². The maximum absolute atomic E-state index is 14.0. The van der Waals surface area contributed by atoms with Crippen LogP contribution in [0.2, 0.25) is 0 Å². The maximum atomic E-state index is 14.0. The van der Waals surface area contributed by atoms with Crippen LogP contribution in [0.4, 0.5) is 10.1 Å². The van der Waals surface area contributed by atoms with Crippen LogP contribution in [0.3, 0.4) is 0 Å². The van der Waals surface area contributed by atoms with Crippen LogP contribution in [-0.2, 0) is 10.0 Å². The van der Waals surface area contributed by atoms with E-state index in [1.807, 2.05) is 11.9 Å². The number of aryl methyl sites for hydroxylation is 1. The Labute approximate surface area is 126 Å². The van der Waals surface area contributed by atoms with Crippen molar-refractivity contribution in [1.29, 1.82) is 0 Å². The average molecular weight is 317 g/mol. The summed E-state index contributed by atoms with van der Waals surface area (Å²) >= 11 is 0. The predicted molar refractivity (Wildman–Crippen MR) is 83.1 cm³/mol. The van der Waals surface area contributed by atoms with E-state index in [2.05, 4.69) is 18.6 Å². The molecule has 7 heteroatoms. The van der Waals surface area contributed by atoms with Gasteiger partial charge in [0.15, 0.2) is 0 Å². The van der Waals surface area contributed by atoms with Gasteiger partial charge in [0.05, 0.1) is 0 Å². The molecule has 120 valence electrons. The molecule has 0 saturated heterocycles. The highest BCUT2D eigenvalue weighted by molar-refractivity contribution is 7.89. The number of sulfonamides is 1. The second-order valence-electron chi connectivity index (χ2n) is 5.29. The molecule has 1 aromatic carbocycles. The number of hydrogen-bond acceptors (Lipinski definition) is 4. The van der Waals surface area contributed by atoms with Gasteiger partial charge in [-0.1, -0.05) is 6.92 Å². The van der Waals surface area contributed by atoms with E-state index in [1.54, 1.807) is 0 Å². The van der Waals surface area contributed by atoms with Gasteiger partial charge in [-0.15, -0.1) is 0 Å². The van der Waals surface area contributed by atoms with Gasteiger partial charge >= 0.3 is 0 Å². The molecule has 1 aromatic rings. The number of nitrogens with two attached hydrogens (primary N) is 1. The van der Waals surface area contributed by atoms with Crippen molar-refractivity contribution < 1.29 is 12.8 Å². The van der Waals surface area contributed by atoms with E-state index in [9.17, 15) is 12.8 Å². The smallest absolute Gasteiger partial charge is 0.243 e. The number of nitrogens with one attached hydrogen (secondary N) is 1. The molecule has 0 spiro atoms. The standard InChI is InChI=1S/C14H24FN3O2S/c1-5-11(3)18(4)7-6-17-21(19,20)13-9-12(16)8-10(2)14(13)15/h8-9,11,17H,5-7,16H2,1-4H3. The Bertz CT molecular complexity index is 590. The molecule has 21 heavy (non-hydrogen) atoms. The van der Waals surface area contributed by atoms with E-state index in [-0.39, 0.29) is 17.8 Å². The highest BCUT2D eigenvalue weighted by Gasteiger charge is 2.21. The number of nitrogens with zero attached hydrogens (tertiary/aromatic N) is 1. The largest absolute Gasteiger partial charge is 0.399 e. The van der Waals surface area contributed by atoms with E-state index in [0.29, 0.717) is 12.6 Å². The topological polar surface area (TPSA) is 75.4 Å². The van der Waals surface area contributed by atoms with E-state index < -0.39 is 20.7 Å². The van der Waals surface area contributed by atoms with E-state index in [0.717, 1.165) is 12.5 Å². The summed E-state index contributed by atoms with van der Waals surface area (Å²) in [5.74, 6) is -0.757. The molecule has 1 unspecified atom stereocenters. The molecule has 0 aliphatic rings. The molecule has 0 saturated carbocycles. The average Bonchev–Trinajstić information content (AvgIpc) is 2.41. The second-order valence-corrected chi connectivity index (χ2v) is 7.02. The Balaban J connectivity index is 2.79. The number of rotatable bonds is 7. The van der Waals surface area contributed by atoms with Crippen LogP contribution >= 0.6 is 0 Å². The first-order valence-electron chi connectivity index (χ1n) is 6.94. The number of benzene rings is 1. The van der Waals surface area contributed by atoms with Crippen molar-refractivity contribution in [2.75, 3.05) is 25.9 Å². The van der Waals surface area contributed by atoms with Gasteiger partial charge in [-0.25, -0.2) is 17.5 Å². The predicted octanol–water partition coefficient (Wildman–Crippen LogP) is 1.72. The van der Waals surface area contributed by atoms with Crippen LogP contribution in [0.1, 0.15) is 25.8 Å². The molecule has 0 aromatic heterocycles. The van der Waals surface area contributed by atoms with Crippen molar-refractivity contribution in [3.05, 3.63) is 23.5 Å². The molecule has 0 radical (unpaired) electrons. The molecule has 0 aliphatic carbocycles. The molecule has 0 heterocycles. The Morgan fingerprint density at radius 3 is 2.62 bits per heavy atom. The summed E-state index contributed by atoms with van der Waals surface area (Å²) in [6, 6.07) is 2.91. The van der Waals surface area contributed by atoms with Gasteiger partial charge in [-0.3, -0.25) is 0 Å². The molecule has 1 atom stereocenters. The lowest BCUT2D eigenvalue weighted by atomic mass is 10.2. The summed E-state index contributed by atoms with van der Waals surface area (Å²) in [5.41, 5.74) is 6.04. The van der Waals surface area contributed by atoms with Crippen LogP contribution in [0.15, 0.2) is 17.0 Å². The van der Waals surface area contributed by atoms with Crippen molar-refractivity contribution in [1.82, 2.24) is 9.62 Å². The van der Waals surface area contributed by atoms with Gasteiger partial charge in [0.2, 0.25) is 10.0 Å². The third kappa shape index (κ3) is 4.66. The molecule has 0 bridgehead atoms. The Morgan fingerprint density at radius 2 is 2.05 bits per heavy atom. The SMILES string of the molecule is CCC(C)N(C)CCNS(=O)(=O)c1cc(N)cc(C)c1F. The van der Waals surface area contributed by atoms with Gasteiger partial charge in [-0.2, -0.15) is 0 Å². The fourth-order valence-corrected chi connectivity index (χ4v) is 3.13. The first-order valence-corrected chi connectivity index (χ1v) is 8.43. The minimum absolute atomic E-state index is 0.215. The van der Waals surface area contributed by atoms with Crippen LogP contribution in [0.25, 0.3) is 0 Å². The van der Waals surface area contributed by atoms with Gasteiger partial charge in [0, 0.05) is 24.8 Å². The zero-order valence-electron chi connectivity index (χ0n) is 13.0. The van der Waals surface area contributed by atoms with Gasteiger partial charge < -0.3 is 10.6 Å². The highest BCUT2D eigenvalue weighted by atomic mass is 32.2.